The third-order valence-electron chi connectivity index (χ3n) is 7.55. The van der Waals surface area contributed by atoms with Crippen molar-refractivity contribution in [2.75, 3.05) is 11.3 Å². The van der Waals surface area contributed by atoms with Crippen molar-refractivity contribution in [1.29, 1.82) is 0 Å². The number of hydrogen-bond donors (Lipinski definition) is 4. The molecule has 2 heterocycles. The molecule has 1 saturated heterocycles. The van der Waals surface area contributed by atoms with Gasteiger partial charge in [-0.3, -0.25) is 19.1 Å². The summed E-state index contributed by atoms with van der Waals surface area (Å²) in [6.45, 7) is -0.0191. The number of nitrogens with one attached hydrogen (secondary N) is 2. The molecule has 0 radical (unpaired) electrons. The number of hydrogen-bond acceptors (Lipinski definition) is 7. The zero-order valence-electron chi connectivity index (χ0n) is 21.2. The molecule has 2 fully saturated rings. The van der Waals surface area contributed by atoms with E-state index in [2.05, 4.69) is 10.0 Å². The number of carbonyl (C=O) groups excluding carboxylic acids is 4. The van der Waals surface area contributed by atoms with E-state index >= 15 is 0 Å². The van der Waals surface area contributed by atoms with Crippen LogP contribution in [0.5, 0.6) is 0 Å². The smallest absolute Gasteiger partial charge is 0.405 e. The first-order valence-corrected chi connectivity index (χ1v) is 14.6. The second kappa shape index (κ2) is 11.0. The molecule has 1 aromatic carbocycles. The van der Waals surface area contributed by atoms with Gasteiger partial charge in [0.15, 0.2) is 11.0 Å². The van der Waals surface area contributed by atoms with Crippen LogP contribution in [0.1, 0.15) is 51.4 Å². The van der Waals surface area contributed by atoms with E-state index in [9.17, 15) is 27.6 Å². The Hall–Kier alpha value is -3.32. The van der Waals surface area contributed by atoms with E-state index in [0.29, 0.717) is 19.3 Å². The van der Waals surface area contributed by atoms with E-state index in [1.807, 2.05) is 6.08 Å². The number of nitrogens with two attached hydrogens (primary N) is 2. The van der Waals surface area contributed by atoms with Crippen LogP contribution in [0.15, 0.2) is 36.4 Å². The molecule has 0 bridgehead atoms. The van der Waals surface area contributed by atoms with Gasteiger partial charge in [-0.05, 0) is 57.1 Å². The number of para-hydroxylation sites is 1. The normalized spacial score (nSPS) is 30.5. The summed E-state index contributed by atoms with van der Waals surface area (Å²) >= 11 is 6.18. The molecule has 0 aromatic heterocycles. The van der Waals surface area contributed by atoms with Crippen molar-refractivity contribution in [3.8, 4) is 0 Å². The van der Waals surface area contributed by atoms with Crippen molar-refractivity contribution >= 4 is 51.1 Å². The summed E-state index contributed by atoms with van der Waals surface area (Å²) in [4.78, 5) is 51.1. The molecule has 39 heavy (non-hydrogen) atoms. The highest BCUT2D eigenvalue weighted by Gasteiger charge is 2.67. The van der Waals surface area contributed by atoms with Crippen LogP contribution in [0.2, 0.25) is 5.02 Å². The standard InChI is InChI=1S/C25H32ClN5O7S/c26-17-10-6-7-11-18(17)30-39(36,37)25-15-16(25)9-4-2-1-3-5-12-19(38-23(28)35)20(32)31-14-8-13-24(31,21(27)33)22(34)29-25/h4,6-7,9-11,16,19,30H,1-3,5,8,12-15H2,(H2,27,33)(H2,28,35)(H,29,34)/b9-4-. The van der Waals surface area contributed by atoms with Gasteiger partial charge in [0, 0.05) is 12.5 Å². The molecule has 1 aliphatic carbocycles. The van der Waals surface area contributed by atoms with Crippen LogP contribution < -0.4 is 21.5 Å². The Kier molecular flexibility index (Phi) is 8.12. The van der Waals surface area contributed by atoms with Gasteiger partial charge in [0.2, 0.25) is 5.54 Å². The minimum absolute atomic E-state index is 0.0191. The molecule has 1 aromatic rings. The van der Waals surface area contributed by atoms with E-state index in [1.165, 1.54) is 12.1 Å². The Labute approximate surface area is 231 Å². The number of halogens is 1. The van der Waals surface area contributed by atoms with E-state index < -0.39 is 56.3 Å². The lowest BCUT2D eigenvalue weighted by molar-refractivity contribution is -0.157. The summed E-state index contributed by atoms with van der Waals surface area (Å²) in [5, 5.41) is 2.74. The van der Waals surface area contributed by atoms with Crippen molar-refractivity contribution in [2.24, 2.45) is 17.4 Å². The fraction of sp³-hybridized carbons (Fsp3) is 0.520. The lowest BCUT2D eigenvalue weighted by atomic mass is 9.92. The number of anilines is 1. The van der Waals surface area contributed by atoms with Gasteiger partial charge < -0.3 is 26.4 Å². The number of fused-ring (bicyclic) bond motifs is 2. The van der Waals surface area contributed by atoms with Crippen molar-refractivity contribution in [3.05, 3.63) is 41.4 Å². The molecular formula is C25H32ClN5O7S. The Morgan fingerprint density at radius 2 is 1.87 bits per heavy atom. The van der Waals surface area contributed by atoms with Crippen LogP contribution in [-0.4, -0.2) is 60.2 Å². The van der Waals surface area contributed by atoms with Crippen LogP contribution >= 0.6 is 11.6 Å². The molecular weight excluding hydrogens is 550 g/mol. The second-order valence-electron chi connectivity index (χ2n) is 10.0. The lowest BCUT2D eigenvalue weighted by Crippen LogP contribution is -2.68. The topological polar surface area (TPSA) is 191 Å². The number of ether oxygens (including phenoxy) is 1. The zero-order chi connectivity index (χ0) is 28.4. The Morgan fingerprint density at radius 3 is 2.56 bits per heavy atom. The van der Waals surface area contributed by atoms with Gasteiger partial charge in [-0.1, -0.05) is 42.3 Å². The van der Waals surface area contributed by atoms with Crippen molar-refractivity contribution < 1.29 is 32.3 Å². The monoisotopic (exact) mass is 581 g/mol. The molecule has 14 heteroatoms. The third-order valence-corrected chi connectivity index (χ3v) is 9.90. The molecule has 6 N–H and O–H groups in total. The molecule has 4 unspecified atom stereocenters. The fourth-order valence-electron chi connectivity index (χ4n) is 5.38. The lowest BCUT2D eigenvalue weighted by Gasteiger charge is -2.37. The van der Waals surface area contributed by atoms with Gasteiger partial charge in [-0.2, -0.15) is 0 Å². The summed E-state index contributed by atoms with van der Waals surface area (Å²) in [5.41, 5.74) is 8.88. The SMILES string of the molecule is NC(=O)OC1CCCCC/C=C\C2CC2(S(=O)(=O)Nc2ccccc2Cl)NC(=O)C2(C(N)=O)CCCN2C1=O. The number of amides is 4. The van der Waals surface area contributed by atoms with Crippen LogP contribution in [0.4, 0.5) is 10.5 Å². The maximum absolute atomic E-state index is 13.9. The molecule has 4 amide bonds. The Bertz CT molecular complexity index is 1310. The second-order valence-corrected chi connectivity index (χ2v) is 12.4. The number of rotatable bonds is 5. The molecule has 4 atom stereocenters. The van der Waals surface area contributed by atoms with E-state index in [4.69, 9.17) is 27.8 Å². The number of allylic oxidation sites excluding steroid dienone is 1. The predicted molar refractivity (Wildman–Crippen MR) is 143 cm³/mol. The van der Waals surface area contributed by atoms with E-state index in [1.54, 1.807) is 18.2 Å². The van der Waals surface area contributed by atoms with Gasteiger partial charge in [0.05, 0.1) is 10.7 Å². The minimum Gasteiger partial charge on any atom is -0.436 e. The largest absolute Gasteiger partial charge is 0.436 e. The maximum atomic E-state index is 13.9. The first-order valence-electron chi connectivity index (χ1n) is 12.8. The molecule has 3 aliphatic rings. The van der Waals surface area contributed by atoms with Crippen molar-refractivity contribution in [3.63, 3.8) is 0 Å². The number of carbonyl (C=O) groups is 4. The van der Waals surface area contributed by atoms with Crippen LogP contribution in [0, 0.1) is 5.92 Å². The summed E-state index contributed by atoms with van der Waals surface area (Å²) in [6, 6.07) is 6.25. The first-order chi connectivity index (χ1) is 18.4. The molecule has 0 spiro atoms. The summed E-state index contributed by atoms with van der Waals surface area (Å²) < 4.78 is 35.0. The maximum Gasteiger partial charge on any atom is 0.405 e. The number of benzene rings is 1. The number of primary amides is 2. The van der Waals surface area contributed by atoms with Crippen molar-refractivity contribution in [1.82, 2.24) is 10.2 Å². The van der Waals surface area contributed by atoms with Gasteiger partial charge in [-0.15, -0.1) is 0 Å². The highest BCUT2D eigenvalue weighted by atomic mass is 35.5. The summed E-state index contributed by atoms with van der Waals surface area (Å²) in [6.07, 6.45) is 3.96. The number of sulfonamides is 1. The highest BCUT2D eigenvalue weighted by Crippen LogP contribution is 2.50. The van der Waals surface area contributed by atoms with E-state index in [0.717, 1.165) is 11.3 Å². The van der Waals surface area contributed by atoms with Crippen LogP contribution in [-0.2, 0) is 29.1 Å². The summed E-state index contributed by atoms with van der Waals surface area (Å²) in [7, 11) is -4.31. The minimum atomic E-state index is -4.31. The quantitative estimate of drug-likeness (QED) is 0.300. The molecule has 212 valence electrons. The fourth-order valence-corrected chi connectivity index (χ4v) is 7.38. The number of nitrogens with zero attached hydrogens (tertiary/aromatic N) is 1. The molecule has 2 aliphatic heterocycles. The van der Waals surface area contributed by atoms with Gasteiger partial charge >= 0.3 is 6.09 Å². The van der Waals surface area contributed by atoms with Crippen LogP contribution in [0.25, 0.3) is 0 Å². The van der Waals surface area contributed by atoms with Gasteiger partial charge in [0.1, 0.15) is 0 Å². The predicted octanol–water partition coefficient (Wildman–Crippen LogP) is 1.74. The van der Waals surface area contributed by atoms with Gasteiger partial charge in [-0.25, -0.2) is 13.2 Å². The Balaban J connectivity index is 1.74. The highest BCUT2D eigenvalue weighted by molar-refractivity contribution is 7.94. The summed E-state index contributed by atoms with van der Waals surface area (Å²) in [5.74, 6) is -3.53. The molecule has 1 saturated carbocycles. The van der Waals surface area contributed by atoms with E-state index in [-0.39, 0.29) is 42.9 Å². The Morgan fingerprint density at radius 1 is 1.13 bits per heavy atom. The van der Waals surface area contributed by atoms with Crippen LogP contribution in [0.3, 0.4) is 0 Å². The average Bonchev–Trinajstić information content (AvgIpc) is 3.38. The van der Waals surface area contributed by atoms with Crippen molar-refractivity contribution in [2.45, 2.75) is 67.9 Å². The third kappa shape index (κ3) is 5.42. The first kappa shape index (κ1) is 28.7. The average molecular weight is 582 g/mol. The molecule has 12 nitrogen and oxygen atoms in total. The molecule has 4 rings (SSSR count). The van der Waals surface area contributed by atoms with Gasteiger partial charge in [0.25, 0.3) is 27.7 Å². The zero-order valence-corrected chi connectivity index (χ0v) is 22.8.